The van der Waals surface area contributed by atoms with Crippen LogP contribution in [0.3, 0.4) is 0 Å². The minimum Gasteiger partial charge on any atom is -0.396 e. The molecular formula is C13H18ClFN2O2S. The van der Waals surface area contributed by atoms with Crippen LogP contribution in [0.4, 0.5) is 10.1 Å². The van der Waals surface area contributed by atoms with Crippen LogP contribution in [0.2, 0.25) is 5.02 Å². The molecule has 1 aliphatic carbocycles. The number of nitrogens with two attached hydrogens (primary N) is 1. The van der Waals surface area contributed by atoms with Crippen molar-refractivity contribution in [2.45, 2.75) is 37.6 Å². The largest absolute Gasteiger partial charge is 0.396 e. The lowest BCUT2D eigenvalue weighted by atomic mass is 10.3. The average Bonchev–Trinajstić information content (AvgIpc) is 3.13. The van der Waals surface area contributed by atoms with Crippen LogP contribution in [-0.2, 0) is 10.0 Å². The second kappa shape index (κ2) is 5.50. The summed E-state index contributed by atoms with van der Waals surface area (Å²) in [6.45, 7) is 4.08. The Labute approximate surface area is 123 Å². The van der Waals surface area contributed by atoms with Crippen molar-refractivity contribution in [1.29, 1.82) is 0 Å². The number of hydrogen-bond acceptors (Lipinski definition) is 3. The van der Waals surface area contributed by atoms with Crippen LogP contribution in [0.5, 0.6) is 0 Å². The molecule has 1 fully saturated rings. The van der Waals surface area contributed by atoms with Crippen LogP contribution < -0.4 is 5.73 Å². The SMILES string of the molecule is CC(C)N(CC1CC1)S(=O)(=O)c1cc(N)c(F)cc1Cl. The highest BCUT2D eigenvalue weighted by Gasteiger charge is 2.34. The summed E-state index contributed by atoms with van der Waals surface area (Å²) in [7, 11) is -3.77. The standard InChI is InChI=1S/C13H18ClFN2O2S/c1-8(2)17(7-9-3-4-9)20(18,19)13-6-12(16)11(15)5-10(13)14/h5-6,8-9H,3-4,7,16H2,1-2H3. The highest BCUT2D eigenvalue weighted by molar-refractivity contribution is 7.89. The number of nitrogen functional groups attached to an aromatic ring is 1. The van der Waals surface area contributed by atoms with Crippen LogP contribution in [0.1, 0.15) is 26.7 Å². The van der Waals surface area contributed by atoms with E-state index in [0.717, 1.165) is 25.0 Å². The minimum absolute atomic E-state index is 0.132. The molecule has 1 aromatic carbocycles. The Balaban J connectivity index is 2.44. The normalized spacial score (nSPS) is 16.1. The van der Waals surface area contributed by atoms with Crippen LogP contribution >= 0.6 is 11.6 Å². The van der Waals surface area contributed by atoms with Gasteiger partial charge in [0.2, 0.25) is 10.0 Å². The Morgan fingerprint density at radius 1 is 1.45 bits per heavy atom. The predicted octanol–water partition coefficient (Wildman–Crippen LogP) is 2.87. The van der Waals surface area contributed by atoms with Gasteiger partial charge in [0.1, 0.15) is 10.7 Å². The number of rotatable bonds is 5. The molecule has 2 rings (SSSR count). The van der Waals surface area contributed by atoms with Crippen molar-refractivity contribution < 1.29 is 12.8 Å². The zero-order valence-electron chi connectivity index (χ0n) is 11.4. The van der Waals surface area contributed by atoms with Crippen molar-refractivity contribution in [2.24, 2.45) is 5.92 Å². The molecule has 2 N–H and O–H groups in total. The lowest BCUT2D eigenvalue weighted by Crippen LogP contribution is -2.38. The summed E-state index contributed by atoms with van der Waals surface area (Å²) in [5.74, 6) is -0.309. The molecular weight excluding hydrogens is 303 g/mol. The Morgan fingerprint density at radius 2 is 2.05 bits per heavy atom. The summed E-state index contributed by atoms with van der Waals surface area (Å²) in [4.78, 5) is -0.132. The molecule has 20 heavy (non-hydrogen) atoms. The zero-order valence-corrected chi connectivity index (χ0v) is 13.0. The number of anilines is 1. The lowest BCUT2D eigenvalue weighted by Gasteiger charge is -2.26. The maximum atomic E-state index is 13.3. The van der Waals surface area contributed by atoms with Gasteiger partial charge >= 0.3 is 0 Å². The molecule has 0 amide bonds. The van der Waals surface area contributed by atoms with Crippen LogP contribution in [0.15, 0.2) is 17.0 Å². The first-order valence-corrected chi connectivity index (χ1v) is 8.31. The van der Waals surface area contributed by atoms with Gasteiger partial charge in [-0.1, -0.05) is 11.6 Å². The summed E-state index contributed by atoms with van der Waals surface area (Å²) < 4.78 is 40.1. The maximum Gasteiger partial charge on any atom is 0.244 e. The van der Waals surface area contributed by atoms with E-state index in [2.05, 4.69) is 0 Å². The molecule has 0 atom stereocenters. The van der Waals surface area contributed by atoms with Gasteiger partial charge < -0.3 is 5.73 Å². The van der Waals surface area contributed by atoms with E-state index >= 15 is 0 Å². The van der Waals surface area contributed by atoms with E-state index in [4.69, 9.17) is 17.3 Å². The molecule has 7 heteroatoms. The van der Waals surface area contributed by atoms with Crippen LogP contribution in [-0.4, -0.2) is 25.3 Å². The first-order chi connectivity index (χ1) is 9.23. The molecule has 4 nitrogen and oxygen atoms in total. The zero-order chi connectivity index (χ0) is 15.1. The number of nitrogens with zero attached hydrogens (tertiary/aromatic N) is 1. The van der Waals surface area contributed by atoms with Crippen molar-refractivity contribution in [3.63, 3.8) is 0 Å². The van der Waals surface area contributed by atoms with E-state index in [1.807, 2.05) is 0 Å². The first kappa shape index (κ1) is 15.5. The van der Waals surface area contributed by atoms with E-state index in [0.29, 0.717) is 12.5 Å². The number of halogens is 2. The van der Waals surface area contributed by atoms with E-state index in [-0.39, 0.29) is 21.6 Å². The second-order valence-electron chi connectivity index (χ2n) is 5.42. The Kier molecular flexibility index (Phi) is 4.27. The molecule has 1 saturated carbocycles. The van der Waals surface area contributed by atoms with Gasteiger partial charge in [-0.3, -0.25) is 0 Å². The third kappa shape index (κ3) is 3.07. The fourth-order valence-corrected chi connectivity index (χ4v) is 4.25. The quantitative estimate of drug-likeness (QED) is 0.848. The third-order valence-corrected chi connectivity index (χ3v) is 5.86. The summed E-state index contributed by atoms with van der Waals surface area (Å²) in [6.07, 6.45) is 2.08. The maximum absolute atomic E-state index is 13.3. The van der Waals surface area contributed by atoms with Gasteiger partial charge in [-0.25, -0.2) is 12.8 Å². The van der Waals surface area contributed by atoms with E-state index in [1.54, 1.807) is 13.8 Å². The molecule has 0 aliphatic heterocycles. The van der Waals surface area contributed by atoms with E-state index in [9.17, 15) is 12.8 Å². The van der Waals surface area contributed by atoms with Gasteiger partial charge in [-0.05, 0) is 44.7 Å². The molecule has 0 saturated heterocycles. The van der Waals surface area contributed by atoms with Crippen LogP contribution in [0, 0.1) is 11.7 Å². The first-order valence-electron chi connectivity index (χ1n) is 6.50. The molecule has 0 bridgehead atoms. The van der Waals surface area contributed by atoms with Crippen molar-refractivity contribution >= 4 is 27.3 Å². The molecule has 0 heterocycles. The second-order valence-corrected chi connectivity index (χ2v) is 7.68. The summed E-state index contributed by atoms with van der Waals surface area (Å²) >= 11 is 5.89. The van der Waals surface area contributed by atoms with Gasteiger partial charge in [0.25, 0.3) is 0 Å². The minimum atomic E-state index is -3.77. The van der Waals surface area contributed by atoms with Gasteiger partial charge in [0, 0.05) is 12.6 Å². The molecule has 0 aromatic heterocycles. The summed E-state index contributed by atoms with van der Waals surface area (Å²) in [6, 6.07) is 1.84. The fourth-order valence-electron chi connectivity index (χ4n) is 2.01. The third-order valence-electron chi connectivity index (χ3n) is 3.35. The Bertz CT molecular complexity index is 615. The van der Waals surface area contributed by atoms with Crippen molar-refractivity contribution in [2.75, 3.05) is 12.3 Å². The number of benzene rings is 1. The smallest absolute Gasteiger partial charge is 0.244 e. The molecule has 0 radical (unpaired) electrons. The fraction of sp³-hybridized carbons (Fsp3) is 0.538. The van der Waals surface area contributed by atoms with Crippen molar-refractivity contribution in [1.82, 2.24) is 4.31 Å². The monoisotopic (exact) mass is 320 g/mol. The number of hydrogen-bond donors (Lipinski definition) is 1. The van der Waals surface area contributed by atoms with Gasteiger partial charge in [-0.15, -0.1) is 0 Å². The van der Waals surface area contributed by atoms with Crippen molar-refractivity contribution in [3.8, 4) is 0 Å². The van der Waals surface area contributed by atoms with E-state index in [1.165, 1.54) is 4.31 Å². The number of sulfonamides is 1. The predicted molar refractivity (Wildman–Crippen MR) is 77.6 cm³/mol. The molecule has 0 unspecified atom stereocenters. The molecule has 112 valence electrons. The topological polar surface area (TPSA) is 63.4 Å². The summed E-state index contributed by atoms with van der Waals surface area (Å²) in [5.41, 5.74) is 5.24. The highest BCUT2D eigenvalue weighted by atomic mass is 35.5. The summed E-state index contributed by atoms with van der Waals surface area (Å²) in [5, 5.41) is -0.141. The molecule has 1 aromatic rings. The highest BCUT2D eigenvalue weighted by Crippen LogP contribution is 2.34. The van der Waals surface area contributed by atoms with Crippen LogP contribution in [0.25, 0.3) is 0 Å². The van der Waals surface area contributed by atoms with Gasteiger partial charge in [0.15, 0.2) is 0 Å². The lowest BCUT2D eigenvalue weighted by molar-refractivity contribution is 0.342. The van der Waals surface area contributed by atoms with E-state index < -0.39 is 15.8 Å². The van der Waals surface area contributed by atoms with Gasteiger partial charge in [-0.2, -0.15) is 4.31 Å². The average molecular weight is 321 g/mol. The Hall–Kier alpha value is -0.850. The Morgan fingerprint density at radius 3 is 2.55 bits per heavy atom. The van der Waals surface area contributed by atoms with Crippen molar-refractivity contribution in [3.05, 3.63) is 23.0 Å². The molecule has 0 spiro atoms. The van der Waals surface area contributed by atoms with Gasteiger partial charge in [0.05, 0.1) is 10.7 Å². The molecule has 1 aliphatic rings.